The monoisotopic (exact) mass is 493 g/mol. The molecule has 0 saturated heterocycles. The number of nitro benzene ring substituents is 1. The Bertz CT molecular complexity index is 1260. The molecule has 0 radical (unpaired) electrons. The number of carbonyl (C=O) groups is 1. The van der Waals surface area contributed by atoms with E-state index in [1.54, 1.807) is 31.2 Å². The van der Waals surface area contributed by atoms with E-state index in [0.717, 1.165) is 22.5 Å². The predicted octanol–water partition coefficient (Wildman–Crippen LogP) is 3.92. The third-order valence-electron chi connectivity index (χ3n) is 4.68. The number of sulfonamides is 1. The van der Waals surface area contributed by atoms with Gasteiger partial charge in [0, 0.05) is 12.1 Å². The van der Waals surface area contributed by atoms with E-state index >= 15 is 0 Å². The molecule has 0 saturated carbocycles. The zero-order valence-corrected chi connectivity index (χ0v) is 19.2. The first-order valence-corrected chi connectivity index (χ1v) is 11.4. The quantitative estimate of drug-likeness (QED) is 0.353. The third-order valence-corrected chi connectivity index (χ3v) is 6.92. The molecule has 1 atom stereocenters. The number of carbonyl (C=O) groups excluding carboxylic acids is 1. The number of para-hydroxylation sites is 2. The van der Waals surface area contributed by atoms with E-state index in [1.807, 2.05) is 0 Å². The van der Waals surface area contributed by atoms with E-state index in [-0.39, 0.29) is 16.5 Å². The number of amides is 1. The van der Waals surface area contributed by atoms with Crippen molar-refractivity contribution in [3.05, 3.63) is 81.8 Å². The molecule has 0 aliphatic carbocycles. The summed E-state index contributed by atoms with van der Waals surface area (Å²) in [5.74, 6) is 0.0150. The summed E-state index contributed by atoms with van der Waals surface area (Å²) in [5, 5.41) is 13.6. The molecule has 0 aliphatic rings. The number of nitrogens with zero attached hydrogens (tertiary/aromatic N) is 2. The molecule has 0 spiro atoms. The molecular weight excluding hydrogens is 474 g/mol. The number of benzene rings is 2. The van der Waals surface area contributed by atoms with Crippen LogP contribution < -0.4 is 14.4 Å². The van der Waals surface area contributed by atoms with Crippen LogP contribution in [0.1, 0.15) is 18.7 Å². The summed E-state index contributed by atoms with van der Waals surface area (Å²) in [7, 11) is -3.18. The topological polar surface area (TPSA) is 132 Å². The second kappa shape index (κ2) is 9.92. The van der Waals surface area contributed by atoms with E-state index in [9.17, 15) is 23.3 Å². The zero-order chi connectivity index (χ0) is 24.2. The molecule has 1 unspecified atom stereocenters. The van der Waals surface area contributed by atoms with Crippen LogP contribution in [0.3, 0.4) is 0 Å². The van der Waals surface area contributed by atoms with Crippen molar-refractivity contribution in [1.29, 1.82) is 0 Å². The Hall–Kier alpha value is -3.57. The number of furan rings is 1. The fourth-order valence-electron chi connectivity index (χ4n) is 3.08. The summed E-state index contributed by atoms with van der Waals surface area (Å²) in [6.07, 6.45) is 1.45. The summed E-state index contributed by atoms with van der Waals surface area (Å²) in [4.78, 5) is 22.8. The first-order valence-electron chi connectivity index (χ1n) is 9.57. The van der Waals surface area contributed by atoms with Gasteiger partial charge in [0.2, 0.25) is 5.91 Å². The first-order chi connectivity index (χ1) is 15.6. The Morgan fingerprint density at radius 3 is 2.61 bits per heavy atom. The number of nitrogens with one attached hydrogen (secondary N) is 1. The van der Waals surface area contributed by atoms with Crippen molar-refractivity contribution < 1.29 is 27.3 Å². The van der Waals surface area contributed by atoms with E-state index in [1.165, 1.54) is 25.5 Å². The fraction of sp³-hybridized carbons (Fsp3) is 0.190. The van der Waals surface area contributed by atoms with E-state index in [0.29, 0.717) is 5.76 Å². The highest BCUT2D eigenvalue weighted by atomic mass is 35.5. The molecule has 10 nitrogen and oxygen atoms in total. The van der Waals surface area contributed by atoms with Gasteiger partial charge in [0.05, 0.1) is 35.0 Å². The number of rotatable bonds is 9. The maximum atomic E-state index is 13.6. The molecule has 0 aliphatic heterocycles. The normalized spacial score (nSPS) is 12.1. The molecule has 3 rings (SSSR count). The number of hydrogen-bond acceptors (Lipinski definition) is 7. The summed E-state index contributed by atoms with van der Waals surface area (Å²) in [5.41, 5.74) is -0.405. The van der Waals surface area contributed by atoms with Crippen molar-refractivity contribution in [2.45, 2.75) is 17.9 Å². The fourth-order valence-corrected chi connectivity index (χ4v) is 5.01. The molecule has 1 amide bonds. The van der Waals surface area contributed by atoms with Crippen LogP contribution in [0.2, 0.25) is 5.02 Å². The van der Waals surface area contributed by atoms with Gasteiger partial charge in [-0.1, -0.05) is 23.7 Å². The second-order valence-corrected chi connectivity index (χ2v) is 9.10. The Balaban J connectivity index is 2.05. The van der Waals surface area contributed by atoms with Gasteiger partial charge >= 0.3 is 0 Å². The van der Waals surface area contributed by atoms with Crippen molar-refractivity contribution in [2.75, 3.05) is 18.0 Å². The van der Waals surface area contributed by atoms with Crippen molar-refractivity contribution in [2.24, 2.45) is 0 Å². The maximum absolute atomic E-state index is 13.6. The number of non-ortho nitro benzene ring substituents is 1. The minimum atomic E-state index is -4.53. The Morgan fingerprint density at radius 1 is 1.24 bits per heavy atom. The van der Waals surface area contributed by atoms with Crippen LogP contribution in [0.25, 0.3) is 0 Å². The first kappa shape index (κ1) is 24.1. The highest BCUT2D eigenvalue weighted by molar-refractivity contribution is 7.93. The second-order valence-electron chi connectivity index (χ2n) is 6.86. The predicted molar refractivity (Wildman–Crippen MR) is 121 cm³/mol. The minimum absolute atomic E-state index is 0.0587. The van der Waals surface area contributed by atoms with Crippen molar-refractivity contribution in [3.63, 3.8) is 0 Å². The standard InChI is InChI=1S/C21H20ClN3O7S/c1-14(18-8-5-11-32-18)23-21(26)13-24(17-6-3-4-7-19(17)31-2)33(29,30)20-12-15(25(27)28)9-10-16(20)22/h3-12,14H,13H2,1-2H3,(H,23,26). The van der Waals surface area contributed by atoms with Gasteiger partial charge in [0.25, 0.3) is 15.7 Å². The van der Waals surface area contributed by atoms with Crippen LogP contribution in [0.15, 0.2) is 70.2 Å². The smallest absolute Gasteiger partial charge is 0.270 e. The van der Waals surface area contributed by atoms with Gasteiger partial charge in [-0.05, 0) is 37.3 Å². The number of nitro groups is 1. The van der Waals surface area contributed by atoms with E-state index in [2.05, 4.69) is 5.32 Å². The Morgan fingerprint density at radius 2 is 1.97 bits per heavy atom. The SMILES string of the molecule is COc1ccccc1N(CC(=O)NC(C)c1ccco1)S(=O)(=O)c1cc([N+](=O)[O-])ccc1Cl. The number of anilines is 1. The van der Waals surface area contributed by atoms with Gasteiger partial charge in [-0.3, -0.25) is 19.2 Å². The number of ether oxygens (including phenoxy) is 1. The molecule has 0 bridgehead atoms. The zero-order valence-electron chi connectivity index (χ0n) is 17.6. The summed E-state index contributed by atoms with van der Waals surface area (Å²) in [6, 6.07) is 12.0. The van der Waals surface area contributed by atoms with Crippen molar-refractivity contribution in [1.82, 2.24) is 5.32 Å². The Labute approximate surface area is 194 Å². The van der Waals surface area contributed by atoms with E-state index in [4.69, 9.17) is 20.8 Å². The molecular formula is C21H20ClN3O7S. The molecule has 174 valence electrons. The van der Waals surface area contributed by atoms with Crippen LogP contribution in [-0.4, -0.2) is 32.9 Å². The Kier molecular flexibility index (Phi) is 7.24. The lowest BCUT2D eigenvalue weighted by Crippen LogP contribution is -2.41. The van der Waals surface area contributed by atoms with Gasteiger partial charge in [-0.15, -0.1) is 0 Å². The molecule has 12 heteroatoms. The van der Waals surface area contributed by atoms with Crippen molar-refractivity contribution in [3.8, 4) is 5.75 Å². The van der Waals surface area contributed by atoms with Gasteiger partial charge in [-0.2, -0.15) is 0 Å². The summed E-state index contributed by atoms with van der Waals surface area (Å²) < 4.78 is 38.6. The minimum Gasteiger partial charge on any atom is -0.495 e. The average Bonchev–Trinajstić information content (AvgIpc) is 3.32. The summed E-state index contributed by atoms with van der Waals surface area (Å²) >= 11 is 6.11. The van der Waals surface area contributed by atoms with Crippen LogP contribution in [-0.2, 0) is 14.8 Å². The van der Waals surface area contributed by atoms with E-state index < -0.39 is 44.0 Å². The van der Waals surface area contributed by atoms with Gasteiger partial charge in [0.1, 0.15) is 22.9 Å². The molecule has 0 fully saturated rings. The molecule has 1 heterocycles. The van der Waals surface area contributed by atoms with Crippen LogP contribution in [0.5, 0.6) is 5.75 Å². The third kappa shape index (κ3) is 5.26. The largest absolute Gasteiger partial charge is 0.495 e. The average molecular weight is 494 g/mol. The number of halogens is 1. The maximum Gasteiger partial charge on any atom is 0.270 e. The highest BCUT2D eigenvalue weighted by Crippen LogP contribution is 2.35. The molecule has 2 aromatic carbocycles. The molecule has 1 N–H and O–H groups in total. The molecule has 3 aromatic rings. The molecule has 33 heavy (non-hydrogen) atoms. The van der Waals surface area contributed by atoms with Crippen molar-refractivity contribution >= 4 is 38.9 Å². The van der Waals surface area contributed by atoms with Crippen LogP contribution in [0, 0.1) is 10.1 Å². The lowest BCUT2D eigenvalue weighted by Gasteiger charge is -2.26. The summed E-state index contributed by atoms with van der Waals surface area (Å²) in [6.45, 7) is 1.03. The lowest BCUT2D eigenvalue weighted by atomic mass is 10.2. The lowest BCUT2D eigenvalue weighted by molar-refractivity contribution is -0.385. The van der Waals surface area contributed by atoms with Crippen LogP contribution >= 0.6 is 11.6 Å². The molecule has 1 aromatic heterocycles. The van der Waals surface area contributed by atoms with Crippen LogP contribution in [0.4, 0.5) is 11.4 Å². The van der Waals surface area contributed by atoms with Gasteiger partial charge in [-0.25, -0.2) is 8.42 Å². The number of hydrogen-bond donors (Lipinski definition) is 1. The number of methoxy groups -OCH3 is 1. The van der Waals surface area contributed by atoms with Gasteiger partial charge < -0.3 is 14.5 Å². The highest BCUT2D eigenvalue weighted by Gasteiger charge is 2.32. The van der Waals surface area contributed by atoms with Gasteiger partial charge in [0.15, 0.2) is 0 Å².